The second kappa shape index (κ2) is 6.91. The van der Waals surface area contributed by atoms with Crippen molar-refractivity contribution in [2.75, 3.05) is 6.61 Å². The highest BCUT2D eigenvalue weighted by Gasteiger charge is 2.43. The normalized spacial score (nSPS) is 22.5. The molecule has 3 nitrogen and oxygen atoms in total. The Balaban J connectivity index is 1.60. The van der Waals surface area contributed by atoms with Crippen LogP contribution in [0.4, 0.5) is 0 Å². The molecule has 0 amide bonds. The van der Waals surface area contributed by atoms with E-state index in [4.69, 9.17) is 13.9 Å². The van der Waals surface area contributed by atoms with Gasteiger partial charge in [0, 0.05) is 0 Å². The third-order valence-corrected chi connectivity index (χ3v) is 10.2. The van der Waals surface area contributed by atoms with Gasteiger partial charge in [-0.25, -0.2) is 0 Å². The first-order valence-corrected chi connectivity index (χ1v) is 12.1. The summed E-state index contributed by atoms with van der Waals surface area (Å²) in [5.74, 6) is 0.716. The van der Waals surface area contributed by atoms with E-state index in [1.807, 2.05) is 0 Å². The number of epoxide rings is 1. The van der Waals surface area contributed by atoms with Crippen LogP contribution in [0.15, 0.2) is 24.3 Å². The van der Waals surface area contributed by atoms with Gasteiger partial charge < -0.3 is 13.9 Å². The Bertz CT molecular complexity index is 544. The fraction of sp³-hybridized carbons (Fsp3) is 0.700. The van der Waals surface area contributed by atoms with Gasteiger partial charge in [0.1, 0.15) is 6.10 Å². The SMILES string of the molecule is CC(C)(C)[Si](C)(C)OCc1ccccc1CO[C@H](C1CC1)[C@H]1CO1. The quantitative estimate of drug-likeness (QED) is 0.494. The van der Waals surface area contributed by atoms with Crippen LogP contribution >= 0.6 is 0 Å². The number of ether oxygens (including phenoxy) is 2. The molecule has 1 aliphatic carbocycles. The van der Waals surface area contributed by atoms with E-state index in [0.29, 0.717) is 31.3 Å². The summed E-state index contributed by atoms with van der Waals surface area (Å²) in [6.45, 7) is 13.7. The predicted molar refractivity (Wildman–Crippen MR) is 99.5 cm³/mol. The smallest absolute Gasteiger partial charge is 0.192 e. The van der Waals surface area contributed by atoms with Gasteiger partial charge in [-0.1, -0.05) is 45.0 Å². The number of hydrogen-bond donors (Lipinski definition) is 0. The average Bonchev–Trinajstić information content (AvgIpc) is 3.38. The van der Waals surface area contributed by atoms with Crippen molar-refractivity contribution in [2.45, 2.75) is 77.2 Å². The molecule has 0 radical (unpaired) electrons. The molecule has 134 valence electrons. The maximum absolute atomic E-state index is 6.41. The van der Waals surface area contributed by atoms with Crippen LogP contribution in [0.25, 0.3) is 0 Å². The Hall–Kier alpha value is -0.683. The molecule has 2 fully saturated rings. The summed E-state index contributed by atoms with van der Waals surface area (Å²) in [6.07, 6.45) is 3.22. The largest absolute Gasteiger partial charge is 0.413 e. The first-order valence-electron chi connectivity index (χ1n) is 9.22. The first kappa shape index (κ1) is 18.1. The highest BCUT2D eigenvalue weighted by molar-refractivity contribution is 6.74. The van der Waals surface area contributed by atoms with E-state index in [-0.39, 0.29) is 5.04 Å². The van der Waals surface area contributed by atoms with Gasteiger partial charge in [0.25, 0.3) is 0 Å². The third-order valence-electron chi connectivity index (χ3n) is 5.76. The summed E-state index contributed by atoms with van der Waals surface area (Å²) >= 11 is 0. The fourth-order valence-corrected chi connectivity index (χ4v) is 3.67. The molecule has 3 rings (SSSR count). The zero-order chi connectivity index (χ0) is 17.4. The second-order valence-corrected chi connectivity index (χ2v) is 13.6. The molecule has 1 aromatic rings. The van der Waals surface area contributed by atoms with E-state index in [9.17, 15) is 0 Å². The zero-order valence-electron chi connectivity index (χ0n) is 15.8. The molecule has 2 aliphatic rings. The van der Waals surface area contributed by atoms with Crippen LogP contribution in [0.5, 0.6) is 0 Å². The third kappa shape index (κ3) is 4.48. The Labute approximate surface area is 147 Å². The molecule has 0 spiro atoms. The average molecular weight is 349 g/mol. The monoisotopic (exact) mass is 348 g/mol. The molecule has 0 N–H and O–H groups in total. The predicted octanol–water partition coefficient (Wildman–Crippen LogP) is 4.90. The van der Waals surface area contributed by atoms with Crippen molar-refractivity contribution in [1.29, 1.82) is 0 Å². The van der Waals surface area contributed by atoms with Crippen molar-refractivity contribution in [3.8, 4) is 0 Å². The summed E-state index contributed by atoms with van der Waals surface area (Å²) in [4.78, 5) is 0. The van der Waals surface area contributed by atoms with Gasteiger partial charge in [0.2, 0.25) is 0 Å². The van der Waals surface area contributed by atoms with Crippen LogP contribution in [0.1, 0.15) is 44.7 Å². The Morgan fingerprint density at radius 1 is 1.12 bits per heavy atom. The van der Waals surface area contributed by atoms with Crippen molar-refractivity contribution >= 4 is 8.32 Å². The van der Waals surface area contributed by atoms with Crippen molar-refractivity contribution < 1.29 is 13.9 Å². The molecule has 0 bridgehead atoms. The van der Waals surface area contributed by atoms with Crippen LogP contribution in [0.2, 0.25) is 18.1 Å². The van der Waals surface area contributed by atoms with Crippen molar-refractivity contribution in [3.63, 3.8) is 0 Å². The summed E-state index contributed by atoms with van der Waals surface area (Å²) in [7, 11) is -1.73. The molecule has 2 atom stereocenters. The molecule has 1 aromatic carbocycles. The maximum Gasteiger partial charge on any atom is 0.192 e. The van der Waals surface area contributed by atoms with Crippen LogP contribution < -0.4 is 0 Å². The van der Waals surface area contributed by atoms with E-state index in [1.54, 1.807) is 0 Å². The summed E-state index contributed by atoms with van der Waals surface area (Å²) in [5, 5.41) is 0.235. The van der Waals surface area contributed by atoms with Crippen molar-refractivity contribution in [1.82, 2.24) is 0 Å². The molecular formula is C20H32O3Si. The van der Waals surface area contributed by atoms with Gasteiger partial charge in [-0.2, -0.15) is 0 Å². The minimum atomic E-state index is -1.73. The lowest BCUT2D eigenvalue weighted by atomic mass is 10.1. The van der Waals surface area contributed by atoms with Crippen LogP contribution in [-0.4, -0.2) is 27.1 Å². The zero-order valence-corrected chi connectivity index (χ0v) is 16.8. The number of hydrogen-bond acceptors (Lipinski definition) is 3. The van der Waals surface area contributed by atoms with E-state index in [1.165, 1.54) is 24.0 Å². The molecule has 1 heterocycles. The lowest BCUT2D eigenvalue weighted by Gasteiger charge is -2.36. The van der Waals surface area contributed by atoms with Crippen molar-refractivity contribution in [2.24, 2.45) is 5.92 Å². The highest BCUT2D eigenvalue weighted by Crippen LogP contribution is 2.40. The van der Waals surface area contributed by atoms with E-state index >= 15 is 0 Å². The maximum atomic E-state index is 6.41. The molecule has 1 saturated carbocycles. The summed E-state index contributed by atoms with van der Waals surface area (Å²) in [5.41, 5.74) is 2.51. The van der Waals surface area contributed by atoms with E-state index in [2.05, 4.69) is 58.1 Å². The van der Waals surface area contributed by atoms with Gasteiger partial charge in [-0.3, -0.25) is 0 Å². The molecule has 24 heavy (non-hydrogen) atoms. The van der Waals surface area contributed by atoms with Gasteiger partial charge in [0.05, 0.1) is 25.9 Å². The summed E-state index contributed by atoms with van der Waals surface area (Å²) < 4.78 is 18.1. The highest BCUT2D eigenvalue weighted by atomic mass is 28.4. The van der Waals surface area contributed by atoms with Crippen molar-refractivity contribution in [3.05, 3.63) is 35.4 Å². The molecule has 1 aliphatic heterocycles. The van der Waals surface area contributed by atoms with E-state index < -0.39 is 8.32 Å². The lowest BCUT2D eigenvalue weighted by Crippen LogP contribution is -2.40. The molecule has 4 heteroatoms. The fourth-order valence-electron chi connectivity index (χ4n) is 2.72. The Morgan fingerprint density at radius 2 is 1.71 bits per heavy atom. The Morgan fingerprint density at radius 3 is 2.21 bits per heavy atom. The molecule has 1 saturated heterocycles. The number of rotatable bonds is 8. The van der Waals surface area contributed by atoms with Gasteiger partial charge in [0.15, 0.2) is 8.32 Å². The first-order chi connectivity index (χ1) is 11.3. The lowest BCUT2D eigenvalue weighted by molar-refractivity contribution is 0.00692. The van der Waals surface area contributed by atoms with Gasteiger partial charge in [-0.15, -0.1) is 0 Å². The summed E-state index contributed by atoms with van der Waals surface area (Å²) in [6, 6.07) is 8.53. The Kier molecular flexibility index (Phi) is 5.21. The van der Waals surface area contributed by atoms with Gasteiger partial charge in [-0.05, 0) is 48.0 Å². The standard InChI is InChI=1S/C20H32O3Si/c1-20(2,3)24(4,5)23-13-17-9-7-6-8-16(17)12-22-19(15-10-11-15)18-14-21-18/h6-9,15,18-19H,10-14H2,1-5H3/t18-,19-/m1/s1. The molecule has 0 unspecified atom stereocenters. The minimum absolute atomic E-state index is 0.235. The van der Waals surface area contributed by atoms with Crippen LogP contribution in [0, 0.1) is 5.92 Å². The van der Waals surface area contributed by atoms with Crippen LogP contribution in [0.3, 0.4) is 0 Å². The second-order valence-electron chi connectivity index (χ2n) is 8.80. The van der Waals surface area contributed by atoms with Gasteiger partial charge >= 0.3 is 0 Å². The molecular weight excluding hydrogens is 316 g/mol. The minimum Gasteiger partial charge on any atom is -0.413 e. The topological polar surface area (TPSA) is 31.0 Å². The van der Waals surface area contributed by atoms with E-state index in [0.717, 1.165) is 6.61 Å². The molecule has 0 aromatic heterocycles. The number of benzene rings is 1. The van der Waals surface area contributed by atoms with Crippen LogP contribution in [-0.2, 0) is 27.1 Å².